The van der Waals surface area contributed by atoms with Gasteiger partial charge in [-0.2, -0.15) is 5.10 Å². The van der Waals surface area contributed by atoms with Crippen LogP contribution >= 0.6 is 0 Å². The minimum absolute atomic E-state index is 0.0414. The predicted octanol–water partition coefficient (Wildman–Crippen LogP) is 2.48. The van der Waals surface area contributed by atoms with Crippen molar-refractivity contribution < 1.29 is 9.18 Å². The fourth-order valence-electron chi connectivity index (χ4n) is 3.72. The molecule has 0 aliphatic heterocycles. The number of aromatic nitrogens is 4. The van der Waals surface area contributed by atoms with Gasteiger partial charge in [-0.1, -0.05) is 12.8 Å². The maximum atomic E-state index is 13.2. The van der Waals surface area contributed by atoms with Crippen LogP contribution in [0.25, 0.3) is 16.7 Å². The summed E-state index contributed by atoms with van der Waals surface area (Å²) in [6.45, 7) is 2.01. The van der Waals surface area contributed by atoms with Crippen molar-refractivity contribution in [1.29, 1.82) is 0 Å². The van der Waals surface area contributed by atoms with E-state index in [1.807, 2.05) is 0 Å². The molecule has 8 heteroatoms. The van der Waals surface area contributed by atoms with Crippen molar-refractivity contribution in [2.75, 3.05) is 0 Å². The van der Waals surface area contributed by atoms with E-state index in [4.69, 9.17) is 0 Å². The molecule has 1 aromatic carbocycles. The molecule has 1 saturated carbocycles. The SMILES string of the molecule is Cc1nc2c(cnn2-c2ccc(F)cc2)c(=O)n1CCC(=O)NC1CCCC1. The Bertz CT molecular complexity index is 1060. The third kappa shape index (κ3) is 3.54. The number of amides is 1. The second kappa shape index (κ2) is 7.53. The molecule has 2 heterocycles. The van der Waals surface area contributed by atoms with E-state index in [-0.39, 0.29) is 36.3 Å². The Kier molecular flexibility index (Phi) is 4.93. The van der Waals surface area contributed by atoms with E-state index in [9.17, 15) is 14.0 Å². The molecule has 0 unspecified atom stereocenters. The number of halogens is 1. The van der Waals surface area contributed by atoms with Gasteiger partial charge in [0.25, 0.3) is 5.56 Å². The van der Waals surface area contributed by atoms with E-state index in [0.717, 1.165) is 25.7 Å². The first-order valence-electron chi connectivity index (χ1n) is 9.53. The van der Waals surface area contributed by atoms with Crippen molar-refractivity contribution in [1.82, 2.24) is 24.6 Å². The Balaban J connectivity index is 1.57. The van der Waals surface area contributed by atoms with Crippen LogP contribution in [-0.2, 0) is 11.3 Å². The standard InChI is InChI=1S/C20H22FN5O2/c1-13-23-19-17(12-22-26(19)16-8-6-14(21)7-9-16)20(28)25(13)11-10-18(27)24-15-4-2-3-5-15/h6-9,12,15H,2-5,10-11H2,1H3,(H,24,27). The molecule has 1 aliphatic rings. The van der Waals surface area contributed by atoms with Gasteiger partial charge >= 0.3 is 0 Å². The lowest BCUT2D eigenvalue weighted by atomic mass is 10.2. The van der Waals surface area contributed by atoms with Crippen molar-refractivity contribution in [3.63, 3.8) is 0 Å². The molecule has 0 bridgehead atoms. The molecule has 2 aromatic heterocycles. The van der Waals surface area contributed by atoms with Crippen LogP contribution in [0.1, 0.15) is 37.9 Å². The number of carbonyl (C=O) groups excluding carboxylic acids is 1. The first kappa shape index (κ1) is 18.3. The van der Waals surface area contributed by atoms with Crippen LogP contribution in [0.5, 0.6) is 0 Å². The maximum Gasteiger partial charge on any atom is 0.264 e. The van der Waals surface area contributed by atoms with Crippen molar-refractivity contribution in [2.24, 2.45) is 0 Å². The van der Waals surface area contributed by atoms with Gasteiger partial charge in [0.05, 0.1) is 11.9 Å². The van der Waals surface area contributed by atoms with E-state index >= 15 is 0 Å². The molecule has 3 aromatic rings. The lowest BCUT2D eigenvalue weighted by molar-refractivity contribution is -0.122. The van der Waals surface area contributed by atoms with Gasteiger partial charge in [0.2, 0.25) is 5.91 Å². The van der Waals surface area contributed by atoms with E-state index < -0.39 is 0 Å². The Hall–Kier alpha value is -3.03. The molecule has 0 radical (unpaired) electrons. The molecule has 4 rings (SSSR count). The van der Waals surface area contributed by atoms with Crippen LogP contribution in [0.3, 0.4) is 0 Å². The highest BCUT2D eigenvalue weighted by molar-refractivity contribution is 5.77. The lowest BCUT2D eigenvalue weighted by Gasteiger charge is -2.13. The van der Waals surface area contributed by atoms with Gasteiger partial charge < -0.3 is 5.32 Å². The summed E-state index contributed by atoms with van der Waals surface area (Å²) in [6, 6.07) is 6.09. The number of rotatable bonds is 5. The number of carbonyl (C=O) groups is 1. The molecule has 0 saturated heterocycles. The van der Waals surface area contributed by atoms with Crippen molar-refractivity contribution >= 4 is 16.9 Å². The molecule has 1 fully saturated rings. The Morgan fingerprint density at radius 2 is 1.96 bits per heavy atom. The third-order valence-corrected chi connectivity index (χ3v) is 5.23. The van der Waals surface area contributed by atoms with Gasteiger partial charge in [-0.3, -0.25) is 14.2 Å². The summed E-state index contributed by atoms with van der Waals surface area (Å²) in [6.07, 6.45) is 6.06. The molecule has 146 valence electrons. The summed E-state index contributed by atoms with van der Waals surface area (Å²) in [4.78, 5) is 29.6. The first-order chi connectivity index (χ1) is 13.5. The van der Waals surface area contributed by atoms with Gasteiger partial charge in [0.1, 0.15) is 17.0 Å². The molecule has 7 nitrogen and oxygen atoms in total. The van der Waals surface area contributed by atoms with Gasteiger partial charge in [0.15, 0.2) is 5.65 Å². The number of hydrogen-bond donors (Lipinski definition) is 1. The minimum atomic E-state index is -0.345. The quantitative estimate of drug-likeness (QED) is 0.734. The number of benzene rings is 1. The zero-order valence-corrected chi connectivity index (χ0v) is 15.7. The first-order valence-corrected chi connectivity index (χ1v) is 9.53. The van der Waals surface area contributed by atoms with Crippen LogP contribution in [0.4, 0.5) is 4.39 Å². The minimum Gasteiger partial charge on any atom is -0.353 e. The number of fused-ring (bicyclic) bond motifs is 1. The van der Waals surface area contributed by atoms with Crippen LogP contribution in [-0.4, -0.2) is 31.3 Å². The number of hydrogen-bond acceptors (Lipinski definition) is 4. The second-order valence-corrected chi connectivity index (χ2v) is 7.18. The highest BCUT2D eigenvalue weighted by Gasteiger charge is 2.18. The summed E-state index contributed by atoms with van der Waals surface area (Å²) in [5.41, 5.74) is 0.807. The average molecular weight is 383 g/mol. The zero-order valence-electron chi connectivity index (χ0n) is 15.7. The number of aryl methyl sites for hydroxylation is 1. The highest BCUT2D eigenvalue weighted by Crippen LogP contribution is 2.18. The lowest BCUT2D eigenvalue weighted by Crippen LogP contribution is -2.34. The summed E-state index contributed by atoms with van der Waals surface area (Å²) in [5.74, 6) is 0.123. The summed E-state index contributed by atoms with van der Waals surface area (Å²) < 4.78 is 16.2. The van der Waals surface area contributed by atoms with Crippen molar-refractivity contribution in [2.45, 2.75) is 51.6 Å². The summed E-state index contributed by atoms with van der Waals surface area (Å²) >= 11 is 0. The Morgan fingerprint density at radius 1 is 1.25 bits per heavy atom. The smallest absolute Gasteiger partial charge is 0.264 e. The van der Waals surface area contributed by atoms with Gasteiger partial charge in [-0.25, -0.2) is 14.1 Å². The largest absolute Gasteiger partial charge is 0.353 e. The number of nitrogens with one attached hydrogen (secondary N) is 1. The topological polar surface area (TPSA) is 81.8 Å². The monoisotopic (exact) mass is 383 g/mol. The van der Waals surface area contributed by atoms with Crippen LogP contribution in [0.2, 0.25) is 0 Å². The van der Waals surface area contributed by atoms with Crippen LogP contribution in [0, 0.1) is 12.7 Å². The number of nitrogens with zero attached hydrogens (tertiary/aromatic N) is 4. The van der Waals surface area contributed by atoms with Gasteiger partial charge in [-0.05, 0) is 44.0 Å². The fourth-order valence-corrected chi connectivity index (χ4v) is 3.72. The molecule has 1 aliphatic carbocycles. The van der Waals surface area contributed by atoms with E-state index in [0.29, 0.717) is 22.5 Å². The second-order valence-electron chi connectivity index (χ2n) is 7.18. The van der Waals surface area contributed by atoms with Gasteiger partial charge in [0, 0.05) is 19.0 Å². The molecular weight excluding hydrogens is 361 g/mol. The van der Waals surface area contributed by atoms with Crippen LogP contribution in [0.15, 0.2) is 35.3 Å². The Morgan fingerprint density at radius 3 is 2.68 bits per heavy atom. The zero-order chi connectivity index (χ0) is 19.7. The normalized spacial score (nSPS) is 14.6. The molecule has 0 atom stereocenters. The van der Waals surface area contributed by atoms with Crippen LogP contribution < -0.4 is 10.9 Å². The van der Waals surface area contributed by atoms with E-state index in [2.05, 4.69) is 15.4 Å². The summed E-state index contributed by atoms with van der Waals surface area (Å²) in [5, 5.41) is 7.64. The molecule has 1 amide bonds. The molecule has 0 spiro atoms. The highest BCUT2D eigenvalue weighted by atomic mass is 19.1. The molecule has 1 N–H and O–H groups in total. The third-order valence-electron chi connectivity index (χ3n) is 5.23. The molecular formula is C20H22FN5O2. The van der Waals surface area contributed by atoms with E-state index in [1.165, 1.54) is 27.6 Å². The van der Waals surface area contributed by atoms with Crippen molar-refractivity contribution in [3.05, 3.63) is 52.5 Å². The summed E-state index contributed by atoms with van der Waals surface area (Å²) in [7, 11) is 0. The fraction of sp³-hybridized carbons (Fsp3) is 0.400. The maximum absolute atomic E-state index is 13.2. The van der Waals surface area contributed by atoms with E-state index in [1.54, 1.807) is 19.1 Å². The predicted molar refractivity (Wildman–Crippen MR) is 103 cm³/mol. The Labute approximate surface area is 161 Å². The molecule has 28 heavy (non-hydrogen) atoms. The average Bonchev–Trinajstić information content (AvgIpc) is 3.32. The van der Waals surface area contributed by atoms with Gasteiger partial charge in [-0.15, -0.1) is 0 Å². The van der Waals surface area contributed by atoms with Crippen molar-refractivity contribution in [3.8, 4) is 5.69 Å².